The van der Waals surface area contributed by atoms with Crippen molar-refractivity contribution in [1.82, 2.24) is 9.78 Å². The molecule has 2 aromatic carbocycles. The van der Waals surface area contributed by atoms with E-state index in [1.807, 2.05) is 19.1 Å². The minimum Gasteiger partial charge on any atom is -0.484 e. The van der Waals surface area contributed by atoms with E-state index < -0.39 is 11.7 Å². The molecule has 0 bridgehead atoms. The summed E-state index contributed by atoms with van der Waals surface area (Å²) in [7, 11) is 0. The van der Waals surface area contributed by atoms with E-state index in [0.717, 1.165) is 5.56 Å². The van der Waals surface area contributed by atoms with Crippen molar-refractivity contribution >= 4 is 34.9 Å². The van der Waals surface area contributed by atoms with E-state index in [4.69, 9.17) is 32.4 Å². The number of hydrogen-bond donors (Lipinski definition) is 1. The van der Waals surface area contributed by atoms with Gasteiger partial charge in [0, 0.05) is 22.8 Å². The summed E-state index contributed by atoms with van der Waals surface area (Å²) in [6.45, 7) is 2.14. The Labute approximate surface area is 193 Å². The number of furan rings is 1. The SMILES string of the molecule is Cc1cccc(Cl)c1OCc1ccc(C(=O)Nc2ccn(Cc3c(F)cccc3Cl)n2)o1. The molecule has 0 saturated heterocycles. The van der Waals surface area contributed by atoms with Crippen LogP contribution in [0.2, 0.25) is 10.0 Å². The number of aromatic nitrogens is 2. The maximum absolute atomic E-state index is 14.0. The van der Waals surface area contributed by atoms with E-state index in [2.05, 4.69) is 10.4 Å². The zero-order valence-electron chi connectivity index (χ0n) is 16.9. The molecule has 164 valence electrons. The van der Waals surface area contributed by atoms with Crippen LogP contribution in [0.25, 0.3) is 0 Å². The second kappa shape index (κ2) is 9.46. The van der Waals surface area contributed by atoms with Crippen LogP contribution in [0, 0.1) is 12.7 Å². The number of carbonyl (C=O) groups excluding carboxylic acids is 1. The van der Waals surface area contributed by atoms with Gasteiger partial charge in [-0.25, -0.2) is 4.39 Å². The molecule has 0 aliphatic carbocycles. The molecule has 9 heteroatoms. The van der Waals surface area contributed by atoms with Crippen LogP contribution < -0.4 is 10.1 Å². The number of nitrogens with zero attached hydrogens (tertiary/aromatic N) is 2. The molecule has 4 rings (SSSR count). The molecule has 0 aliphatic heterocycles. The summed E-state index contributed by atoms with van der Waals surface area (Å²) < 4.78 is 26.7. The summed E-state index contributed by atoms with van der Waals surface area (Å²) in [5, 5.41) is 7.69. The molecule has 6 nitrogen and oxygen atoms in total. The fourth-order valence-corrected chi connectivity index (χ4v) is 3.56. The number of nitrogens with one attached hydrogen (secondary N) is 1. The summed E-state index contributed by atoms with van der Waals surface area (Å²) in [6, 6.07) is 14.7. The number of hydrogen-bond acceptors (Lipinski definition) is 4. The summed E-state index contributed by atoms with van der Waals surface area (Å²) >= 11 is 12.2. The molecule has 4 aromatic rings. The Kier molecular flexibility index (Phi) is 6.48. The number of amides is 1. The predicted octanol–water partition coefficient (Wildman–Crippen LogP) is 6.11. The van der Waals surface area contributed by atoms with Crippen molar-refractivity contribution in [2.45, 2.75) is 20.1 Å². The summed E-state index contributed by atoms with van der Waals surface area (Å²) in [4.78, 5) is 12.5. The summed E-state index contributed by atoms with van der Waals surface area (Å²) in [6.07, 6.45) is 1.62. The fourth-order valence-electron chi connectivity index (χ4n) is 3.06. The average Bonchev–Trinajstić information content (AvgIpc) is 3.40. The number of benzene rings is 2. The van der Waals surface area contributed by atoms with Gasteiger partial charge in [-0.15, -0.1) is 0 Å². The normalized spacial score (nSPS) is 10.9. The molecule has 32 heavy (non-hydrogen) atoms. The van der Waals surface area contributed by atoms with Gasteiger partial charge in [0.1, 0.15) is 23.9 Å². The lowest BCUT2D eigenvalue weighted by atomic mass is 10.2. The van der Waals surface area contributed by atoms with Crippen LogP contribution in [0.15, 0.2) is 65.2 Å². The van der Waals surface area contributed by atoms with Gasteiger partial charge < -0.3 is 14.5 Å². The lowest BCUT2D eigenvalue weighted by Crippen LogP contribution is -2.12. The Bertz CT molecular complexity index is 1230. The topological polar surface area (TPSA) is 69.3 Å². The van der Waals surface area contributed by atoms with Crippen molar-refractivity contribution in [2.75, 3.05) is 5.32 Å². The first-order valence-electron chi connectivity index (χ1n) is 9.65. The van der Waals surface area contributed by atoms with E-state index in [-0.39, 0.29) is 18.9 Å². The number of halogens is 3. The Morgan fingerprint density at radius 1 is 1.12 bits per heavy atom. The van der Waals surface area contributed by atoms with E-state index >= 15 is 0 Å². The molecule has 0 radical (unpaired) electrons. The molecule has 1 amide bonds. The van der Waals surface area contributed by atoms with Gasteiger partial charge in [0.25, 0.3) is 5.91 Å². The highest BCUT2D eigenvalue weighted by molar-refractivity contribution is 6.32. The molecular formula is C23H18Cl2FN3O3. The lowest BCUT2D eigenvalue weighted by molar-refractivity contribution is 0.0992. The Balaban J connectivity index is 1.37. The highest BCUT2D eigenvalue weighted by Gasteiger charge is 2.15. The van der Waals surface area contributed by atoms with Crippen molar-refractivity contribution in [3.63, 3.8) is 0 Å². The second-order valence-corrected chi connectivity index (χ2v) is 7.81. The van der Waals surface area contributed by atoms with Gasteiger partial charge in [0.2, 0.25) is 0 Å². The minimum absolute atomic E-state index is 0.103. The lowest BCUT2D eigenvalue weighted by Gasteiger charge is -2.09. The number of ether oxygens (including phenoxy) is 1. The average molecular weight is 474 g/mol. The number of anilines is 1. The monoisotopic (exact) mass is 473 g/mol. The molecule has 0 fully saturated rings. The third-order valence-electron chi connectivity index (χ3n) is 4.67. The van der Waals surface area contributed by atoms with Crippen LogP contribution >= 0.6 is 23.2 Å². The van der Waals surface area contributed by atoms with Crippen molar-refractivity contribution in [2.24, 2.45) is 0 Å². The highest BCUT2D eigenvalue weighted by atomic mass is 35.5. The minimum atomic E-state index is -0.473. The van der Waals surface area contributed by atoms with E-state index in [0.29, 0.717) is 32.9 Å². The van der Waals surface area contributed by atoms with Crippen molar-refractivity contribution in [3.8, 4) is 5.75 Å². The molecular weight excluding hydrogens is 456 g/mol. The Morgan fingerprint density at radius 2 is 1.91 bits per heavy atom. The third kappa shape index (κ3) is 4.95. The van der Waals surface area contributed by atoms with Crippen LogP contribution in [-0.2, 0) is 13.2 Å². The Morgan fingerprint density at radius 3 is 2.69 bits per heavy atom. The maximum Gasteiger partial charge on any atom is 0.292 e. The highest BCUT2D eigenvalue weighted by Crippen LogP contribution is 2.29. The number of aryl methyl sites for hydroxylation is 1. The molecule has 0 spiro atoms. The summed E-state index contributed by atoms with van der Waals surface area (Å²) in [5.74, 6) is 0.538. The molecule has 0 atom stereocenters. The largest absolute Gasteiger partial charge is 0.484 e. The van der Waals surface area contributed by atoms with Crippen LogP contribution in [0.4, 0.5) is 10.2 Å². The van der Waals surface area contributed by atoms with Gasteiger partial charge in [0.15, 0.2) is 11.6 Å². The maximum atomic E-state index is 14.0. The van der Waals surface area contributed by atoms with Gasteiger partial charge in [-0.1, -0.05) is 41.4 Å². The molecule has 0 aliphatic rings. The smallest absolute Gasteiger partial charge is 0.292 e. The number of carbonyl (C=O) groups is 1. The predicted molar refractivity (Wildman–Crippen MR) is 120 cm³/mol. The van der Waals surface area contributed by atoms with E-state index in [9.17, 15) is 9.18 Å². The second-order valence-electron chi connectivity index (χ2n) is 6.99. The van der Waals surface area contributed by atoms with E-state index in [1.54, 1.807) is 36.5 Å². The zero-order valence-corrected chi connectivity index (χ0v) is 18.5. The van der Waals surface area contributed by atoms with Crippen LogP contribution in [0.3, 0.4) is 0 Å². The number of rotatable bonds is 7. The van der Waals surface area contributed by atoms with Gasteiger partial charge in [-0.3, -0.25) is 9.48 Å². The van der Waals surface area contributed by atoms with Gasteiger partial charge in [0.05, 0.1) is 11.6 Å². The van der Waals surface area contributed by atoms with Gasteiger partial charge in [-0.2, -0.15) is 5.10 Å². The quantitative estimate of drug-likeness (QED) is 0.351. The molecule has 1 N–H and O–H groups in total. The third-order valence-corrected chi connectivity index (χ3v) is 5.32. The van der Waals surface area contributed by atoms with Gasteiger partial charge in [-0.05, 0) is 42.8 Å². The molecule has 0 saturated carbocycles. The van der Waals surface area contributed by atoms with Crippen molar-refractivity contribution < 1.29 is 18.3 Å². The number of para-hydroxylation sites is 1. The van der Waals surface area contributed by atoms with Crippen LogP contribution in [0.5, 0.6) is 5.75 Å². The molecule has 2 heterocycles. The van der Waals surface area contributed by atoms with Crippen LogP contribution in [0.1, 0.15) is 27.4 Å². The Hall–Kier alpha value is -3.29. The first-order chi connectivity index (χ1) is 15.4. The van der Waals surface area contributed by atoms with E-state index in [1.165, 1.54) is 16.8 Å². The fraction of sp³-hybridized carbons (Fsp3) is 0.130. The first-order valence-corrected chi connectivity index (χ1v) is 10.4. The summed E-state index contributed by atoms with van der Waals surface area (Å²) in [5.41, 5.74) is 1.22. The van der Waals surface area contributed by atoms with Crippen molar-refractivity contribution in [3.05, 3.63) is 99.3 Å². The molecule has 0 unspecified atom stereocenters. The standard InChI is InChI=1S/C23H18Cl2FN3O3/c1-14-4-2-6-18(25)22(14)31-13-15-8-9-20(32-15)23(30)27-21-10-11-29(28-21)12-16-17(24)5-3-7-19(16)26/h2-11H,12-13H2,1H3,(H,27,28,30). The molecule has 2 aromatic heterocycles. The first kappa shape index (κ1) is 21.9. The van der Waals surface area contributed by atoms with Gasteiger partial charge >= 0.3 is 0 Å². The zero-order chi connectivity index (χ0) is 22.7. The van der Waals surface area contributed by atoms with Crippen molar-refractivity contribution in [1.29, 1.82) is 0 Å². The van der Waals surface area contributed by atoms with Crippen LogP contribution in [-0.4, -0.2) is 15.7 Å².